The Hall–Kier alpha value is -2.73. The van der Waals surface area contributed by atoms with Gasteiger partial charge in [0, 0.05) is 24.5 Å². The summed E-state index contributed by atoms with van der Waals surface area (Å²) in [5.74, 6) is 1.79. The molecule has 3 aromatic rings. The van der Waals surface area contributed by atoms with Gasteiger partial charge in [0.2, 0.25) is 11.8 Å². The number of ether oxygens (including phenoxy) is 1. The molecule has 0 saturated heterocycles. The van der Waals surface area contributed by atoms with Crippen molar-refractivity contribution in [3.8, 4) is 17.2 Å². The summed E-state index contributed by atoms with van der Waals surface area (Å²) >= 11 is 0. The van der Waals surface area contributed by atoms with Crippen LogP contribution >= 0.6 is 0 Å². The molecule has 0 fully saturated rings. The lowest BCUT2D eigenvalue weighted by molar-refractivity contribution is 0.414. The molecule has 0 bridgehead atoms. The fourth-order valence-electron chi connectivity index (χ4n) is 2.01. The summed E-state index contributed by atoms with van der Waals surface area (Å²) in [5.41, 5.74) is 2.00. The van der Waals surface area contributed by atoms with Crippen LogP contribution in [0, 0.1) is 0 Å². The van der Waals surface area contributed by atoms with Gasteiger partial charge in [0.15, 0.2) is 0 Å². The monoisotopic (exact) mass is 296 g/mol. The van der Waals surface area contributed by atoms with E-state index in [1.807, 2.05) is 36.4 Å². The van der Waals surface area contributed by atoms with Gasteiger partial charge in [0.1, 0.15) is 5.75 Å². The Bertz CT molecular complexity index is 728. The zero-order valence-electron chi connectivity index (χ0n) is 12.2. The first-order chi connectivity index (χ1) is 10.8. The van der Waals surface area contributed by atoms with E-state index in [2.05, 4.69) is 20.5 Å². The average Bonchev–Trinajstić information content (AvgIpc) is 3.05. The summed E-state index contributed by atoms with van der Waals surface area (Å²) in [6, 6.07) is 11.5. The molecule has 0 aliphatic carbocycles. The SMILES string of the molecule is COc1cccc(-c2nnc(CNCc3ccncc3)o2)c1. The quantitative estimate of drug-likeness (QED) is 0.753. The summed E-state index contributed by atoms with van der Waals surface area (Å²) in [6.07, 6.45) is 3.54. The third-order valence-electron chi connectivity index (χ3n) is 3.14. The summed E-state index contributed by atoms with van der Waals surface area (Å²) < 4.78 is 10.8. The van der Waals surface area contributed by atoms with Crippen LogP contribution in [0.5, 0.6) is 5.75 Å². The van der Waals surface area contributed by atoms with Crippen molar-refractivity contribution in [1.29, 1.82) is 0 Å². The van der Waals surface area contributed by atoms with E-state index in [0.717, 1.165) is 23.4 Å². The third kappa shape index (κ3) is 3.48. The minimum Gasteiger partial charge on any atom is -0.497 e. The first-order valence-corrected chi connectivity index (χ1v) is 6.91. The number of nitrogens with zero attached hydrogens (tertiary/aromatic N) is 3. The molecular formula is C16H16N4O2. The van der Waals surface area contributed by atoms with Crippen LogP contribution in [0.2, 0.25) is 0 Å². The van der Waals surface area contributed by atoms with E-state index < -0.39 is 0 Å². The van der Waals surface area contributed by atoms with E-state index in [4.69, 9.17) is 9.15 Å². The fraction of sp³-hybridized carbons (Fsp3) is 0.188. The van der Waals surface area contributed by atoms with Gasteiger partial charge in [-0.2, -0.15) is 0 Å². The minimum atomic E-state index is 0.486. The fourth-order valence-corrected chi connectivity index (χ4v) is 2.01. The molecule has 0 radical (unpaired) electrons. The Morgan fingerprint density at radius 1 is 1.09 bits per heavy atom. The van der Waals surface area contributed by atoms with Crippen LogP contribution in [0.15, 0.2) is 53.2 Å². The third-order valence-corrected chi connectivity index (χ3v) is 3.14. The maximum absolute atomic E-state index is 5.65. The van der Waals surface area contributed by atoms with Crippen LogP contribution in [0.4, 0.5) is 0 Å². The van der Waals surface area contributed by atoms with Gasteiger partial charge in [-0.25, -0.2) is 0 Å². The molecular weight excluding hydrogens is 280 g/mol. The second-order valence-electron chi connectivity index (χ2n) is 4.69. The van der Waals surface area contributed by atoms with Gasteiger partial charge < -0.3 is 14.5 Å². The molecule has 0 atom stereocenters. The maximum atomic E-state index is 5.65. The van der Waals surface area contributed by atoms with Crippen LogP contribution in [0.1, 0.15) is 11.5 Å². The number of methoxy groups -OCH3 is 1. The van der Waals surface area contributed by atoms with E-state index in [9.17, 15) is 0 Å². The number of pyridine rings is 1. The van der Waals surface area contributed by atoms with Gasteiger partial charge >= 0.3 is 0 Å². The number of hydrogen-bond donors (Lipinski definition) is 1. The van der Waals surface area contributed by atoms with Crippen LogP contribution in [0.3, 0.4) is 0 Å². The number of hydrogen-bond acceptors (Lipinski definition) is 6. The van der Waals surface area contributed by atoms with E-state index in [-0.39, 0.29) is 0 Å². The highest BCUT2D eigenvalue weighted by Crippen LogP contribution is 2.22. The Labute approximate surface area is 128 Å². The lowest BCUT2D eigenvalue weighted by Gasteiger charge is -2.01. The maximum Gasteiger partial charge on any atom is 0.247 e. The molecule has 0 aliphatic rings. The number of benzene rings is 1. The van der Waals surface area contributed by atoms with Gasteiger partial charge in [0.05, 0.1) is 13.7 Å². The van der Waals surface area contributed by atoms with Crippen molar-refractivity contribution in [2.24, 2.45) is 0 Å². The first-order valence-electron chi connectivity index (χ1n) is 6.91. The van der Waals surface area contributed by atoms with E-state index in [1.165, 1.54) is 0 Å². The summed E-state index contributed by atoms with van der Waals surface area (Å²) in [4.78, 5) is 3.98. The van der Waals surface area contributed by atoms with Crippen LogP contribution in [-0.2, 0) is 13.1 Å². The second-order valence-corrected chi connectivity index (χ2v) is 4.69. The number of rotatable bonds is 6. The smallest absolute Gasteiger partial charge is 0.247 e. The standard InChI is InChI=1S/C16H16N4O2/c1-21-14-4-2-3-13(9-14)16-20-19-15(22-16)11-18-10-12-5-7-17-8-6-12/h2-9,18H,10-11H2,1H3. The van der Waals surface area contributed by atoms with E-state index >= 15 is 0 Å². The van der Waals surface area contributed by atoms with Crippen molar-refractivity contribution < 1.29 is 9.15 Å². The minimum absolute atomic E-state index is 0.486. The van der Waals surface area contributed by atoms with Crippen molar-refractivity contribution in [3.63, 3.8) is 0 Å². The molecule has 6 nitrogen and oxygen atoms in total. The van der Waals surface area contributed by atoms with Gasteiger partial charge in [-0.3, -0.25) is 4.98 Å². The zero-order chi connectivity index (χ0) is 15.2. The molecule has 1 aromatic carbocycles. The van der Waals surface area contributed by atoms with Crippen LogP contribution in [0.25, 0.3) is 11.5 Å². The molecule has 0 unspecified atom stereocenters. The summed E-state index contributed by atoms with van der Waals surface area (Å²) in [7, 11) is 1.63. The summed E-state index contributed by atoms with van der Waals surface area (Å²) in [5, 5.41) is 11.4. The Balaban J connectivity index is 1.61. The molecule has 0 amide bonds. The molecule has 6 heteroatoms. The topological polar surface area (TPSA) is 73.1 Å². The normalized spacial score (nSPS) is 10.6. The van der Waals surface area contributed by atoms with Crippen LogP contribution in [-0.4, -0.2) is 22.3 Å². The molecule has 2 aromatic heterocycles. The van der Waals surface area contributed by atoms with Crippen LogP contribution < -0.4 is 10.1 Å². The largest absolute Gasteiger partial charge is 0.497 e. The van der Waals surface area contributed by atoms with Gasteiger partial charge in [-0.05, 0) is 35.9 Å². The lowest BCUT2D eigenvalue weighted by atomic mass is 10.2. The zero-order valence-corrected chi connectivity index (χ0v) is 12.2. The average molecular weight is 296 g/mol. The van der Waals surface area contributed by atoms with Crippen molar-refractivity contribution in [2.75, 3.05) is 7.11 Å². The molecule has 0 aliphatic heterocycles. The highest BCUT2D eigenvalue weighted by molar-refractivity contribution is 5.55. The van der Waals surface area contributed by atoms with E-state index in [0.29, 0.717) is 18.3 Å². The van der Waals surface area contributed by atoms with Gasteiger partial charge in [0.25, 0.3) is 0 Å². The van der Waals surface area contributed by atoms with E-state index in [1.54, 1.807) is 19.5 Å². The number of aromatic nitrogens is 3. The molecule has 22 heavy (non-hydrogen) atoms. The van der Waals surface area contributed by atoms with Gasteiger partial charge in [-0.15, -0.1) is 10.2 Å². The predicted molar refractivity (Wildman–Crippen MR) is 81.1 cm³/mol. The highest BCUT2D eigenvalue weighted by atomic mass is 16.5. The Morgan fingerprint density at radius 3 is 2.77 bits per heavy atom. The molecule has 112 valence electrons. The Kier molecular flexibility index (Phi) is 4.41. The summed E-state index contributed by atoms with van der Waals surface area (Å²) in [6.45, 7) is 1.23. The second kappa shape index (κ2) is 6.82. The lowest BCUT2D eigenvalue weighted by Crippen LogP contribution is -2.12. The van der Waals surface area contributed by atoms with Crippen molar-refractivity contribution in [2.45, 2.75) is 13.1 Å². The van der Waals surface area contributed by atoms with Gasteiger partial charge in [-0.1, -0.05) is 6.07 Å². The molecule has 1 N–H and O–H groups in total. The molecule has 2 heterocycles. The first kappa shape index (κ1) is 14.2. The molecule has 0 spiro atoms. The van der Waals surface area contributed by atoms with Crippen molar-refractivity contribution in [1.82, 2.24) is 20.5 Å². The Morgan fingerprint density at radius 2 is 1.95 bits per heavy atom. The predicted octanol–water partition coefficient (Wildman–Crippen LogP) is 2.43. The molecule has 3 rings (SSSR count). The van der Waals surface area contributed by atoms with Crippen molar-refractivity contribution in [3.05, 3.63) is 60.2 Å². The number of nitrogens with one attached hydrogen (secondary N) is 1. The molecule has 0 saturated carbocycles. The highest BCUT2D eigenvalue weighted by Gasteiger charge is 2.09. The van der Waals surface area contributed by atoms with Crippen molar-refractivity contribution >= 4 is 0 Å².